The summed E-state index contributed by atoms with van der Waals surface area (Å²) in [6, 6.07) is 8.91. The lowest BCUT2D eigenvalue weighted by Crippen LogP contribution is -2.19. The van der Waals surface area contributed by atoms with Gasteiger partial charge in [0.1, 0.15) is 0 Å². The highest BCUT2D eigenvalue weighted by Crippen LogP contribution is 2.38. The van der Waals surface area contributed by atoms with Crippen LogP contribution in [0.15, 0.2) is 24.3 Å². The van der Waals surface area contributed by atoms with Crippen LogP contribution in [-0.2, 0) is 6.42 Å². The first-order valence-electron chi connectivity index (χ1n) is 6.31. The fraction of sp³-hybridized carbons (Fsp3) is 0.600. The van der Waals surface area contributed by atoms with E-state index in [1.54, 1.807) is 0 Å². The van der Waals surface area contributed by atoms with Crippen LogP contribution in [0.5, 0.6) is 0 Å². The zero-order valence-corrected chi connectivity index (χ0v) is 10.7. The molecule has 0 aliphatic heterocycles. The fourth-order valence-corrected chi connectivity index (χ4v) is 2.61. The maximum atomic E-state index is 6.32. The van der Waals surface area contributed by atoms with E-state index in [-0.39, 0.29) is 6.04 Å². The Hall–Kier alpha value is -0.820. The maximum absolute atomic E-state index is 6.32. The molecule has 0 radical (unpaired) electrons. The second-order valence-electron chi connectivity index (χ2n) is 6.29. The highest BCUT2D eigenvalue weighted by atomic mass is 14.7. The quantitative estimate of drug-likeness (QED) is 0.803. The van der Waals surface area contributed by atoms with Crippen molar-refractivity contribution in [1.29, 1.82) is 0 Å². The molecule has 0 saturated carbocycles. The van der Waals surface area contributed by atoms with Crippen LogP contribution in [0.3, 0.4) is 0 Å². The Morgan fingerprint density at radius 1 is 1.25 bits per heavy atom. The molecule has 1 nitrogen and oxygen atoms in total. The van der Waals surface area contributed by atoms with Gasteiger partial charge < -0.3 is 5.73 Å². The smallest absolute Gasteiger partial charge is 0.0329 e. The Balaban J connectivity index is 2.02. The van der Waals surface area contributed by atoms with Gasteiger partial charge in [0.05, 0.1) is 0 Å². The minimum absolute atomic E-state index is 0.263. The Bertz CT molecular complexity index is 362. The Labute approximate surface area is 99.0 Å². The lowest BCUT2D eigenvalue weighted by molar-refractivity contribution is 0.307. The van der Waals surface area contributed by atoms with Crippen LogP contribution in [0, 0.1) is 11.3 Å². The molecule has 16 heavy (non-hydrogen) atoms. The molecule has 1 aliphatic carbocycles. The maximum Gasteiger partial charge on any atom is 0.0329 e. The van der Waals surface area contributed by atoms with Gasteiger partial charge >= 0.3 is 0 Å². The van der Waals surface area contributed by atoms with Gasteiger partial charge in [-0.1, -0.05) is 45.0 Å². The average Bonchev–Trinajstić information content (AvgIpc) is 2.53. The average molecular weight is 217 g/mol. The van der Waals surface area contributed by atoms with Crippen LogP contribution < -0.4 is 5.73 Å². The van der Waals surface area contributed by atoms with Crippen molar-refractivity contribution in [2.45, 2.75) is 46.1 Å². The zero-order chi connectivity index (χ0) is 11.8. The van der Waals surface area contributed by atoms with Crippen LogP contribution in [-0.4, -0.2) is 0 Å². The van der Waals surface area contributed by atoms with Gasteiger partial charge in [0, 0.05) is 6.04 Å². The molecule has 2 atom stereocenters. The minimum atomic E-state index is 0.263. The molecule has 0 fully saturated rings. The van der Waals surface area contributed by atoms with Gasteiger partial charge in [-0.05, 0) is 41.7 Å². The first kappa shape index (κ1) is 11.7. The zero-order valence-electron chi connectivity index (χ0n) is 10.7. The summed E-state index contributed by atoms with van der Waals surface area (Å²) >= 11 is 0. The molecule has 0 spiro atoms. The van der Waals surface area contributed by atoms with Crippen molar-refractivity contribution >= 4 is 0 Å². The molecule has 1 aromatic rings. The third kappa shape index (κ3) is 2.46. The van der Waals surface area contributed by atoms with Gasteiger partial charge in [-0.15, -0.1) is 0 Å². The topological polar surface area (TPSA) is 26.0 Å². The molecule has 1 aliphatic rings. The summed E-state index contributed by atoms with van der Waals surface area (Å²) in [5, 5.41) is 0. The summed E-state index contributed by atoms with van der Waals surface area (Å²) in [5.74, 6) is 0.650. The molecule has 0 saturated heterocycles. The molecule has 1 heteroatoms. The minimum Gasteiger partial charge on any atom is -0.324 e. The van der Waals surface area contributed by atoms with E-state index in [1.165, 1.54) is 30.4 Å². The van der Waals surface area contributed by atoms with E-state index in [0.717, 1.165) is 0 Å². The van der Waals surface area contributed by atoms with Gasteiger partial charge in [-0.2, -0.15) is 0 Å². The molecule has 88 valence electrons. The monoisotopic (exact) mass is 217 g/mol. The molecule has 0 bridgehead atoms. The first-order valence-corrected chi connectivity index (χ1v) is 6.31. The summed E-state index contributed by atoms with van der Waals surface area (Å²) in [7, 11) is 0. The Kier molecular flexibility index (Phi) is 3.07. The lowest BCUT2D eigenvalue weighted by atomic mass is 9.85. The van der Waals surface area contributed by atoms with E-state index >= 15 is 0 Å². The molecule has 2 unspecified atom stereocenters. The molecule has 2 N–H and O–H groups in total. The van der Waals surface area contributed by atoms with Gasteiger partial charge in [0.15, 0.2) is 0 Å². The van der Waals surface area contributed by atoms with E-state index in [4.69, 9.17) is 5.73 Å². The third-order valence-corrected chi connectivity index (χ3v) is 3.67. The van der Waals surface area contributed by atoms with Gasteiger partial charge in [0.25, 0.3) is 0 Å². The number of hydrogen-bond donors (Lipinski definition) is 1. The molecule has 2 rings (SSSR count). The number of fused-ring (bicyclic) bond motifs is 1. The molecular weight excluding hydrogens is 194 g/mol. The normalized spacial score (nSPS) is 24.5. The SMILES string of the molecule is CC(C)(C)CCC1Cc2ccccc2C1N. The van der Waals surface area contributed by atoms with Crippen molar-refractivity contribution in [2.24, 2.45) is 17.1 Å². The fourth-order valence-electron chi connectivity index (χ4n) is 2.61. The molecular formula is C15H23N. The highest BCUT2D eigenvalue weighted by Gasteiger charge is 2.29. The molecule has 0 aromatic heterocycles. The Morgan fingerprint density at radius 3 is 2.56 bits per heavy atom. The number of rotatable bonds is 2. The van der Waals surface area contributed by atoms with Crippen molar-refractivity contribution in [3.8, 4) is 0 Å². The number of benzene rings is 1. The summed E-state index contributed by atoms with van der Waals surface area (Å²) < 4.78 is 0. The summed E-state index contributed by atoms with van der Waals surface area (Å²) in [6.07, 6.45) is 3.69. The summed E-state index contributed by atoms with van der Waals surface area (Å²) in [4.78, 5) is 0. The van der Waals surface area contributed by atoms with E-state index in [0.29, 0.717) is 11.3 Å². The molecule has 0 amide bonds. The van der Waals surface area contributed by atoms with Crippen molar-refractivity contribution in [3.63, 3.8) is 0 Å². The largest absolute Gasteiger partial charge is 0.324 e. The lowest BCUT2D eigenvalue weighted by Gasteiger charge is -2.22. The van der Waals surface area contributed by atoms with Crippen LogP contribution in [0.1, 0.15) is 50.8 Å². The summed E-state index contributed by atoms with van der Waals surface area (Å²) in [6.45, 7) is 6.92. The van der Waals surface area contributed by atoms with Crippen molar-refractivity contribution in [3.05, 3.63) is 35.4 Å². The predicted octanol–water partition coefficient (Wildman–Crippen LogP) is 3.69. The Morgan fingerprint density at radius 2 is 1.94 bits per heavy atom. The summed E-state index contributed by atoms with van der Waals surface area (Å²) in [5.41, 5.74) is 9.59. The molecule has 1 aromatic carbocycles. The van der Waals surface area contributed by atoms with E-state index in [1.807, 2.05) is 0 Å². The van der Waals surface area contributed by atoms with Crippen LogP contribution >= 0.6 is 0 Å². The first-order chi connectivity index (χ1) is 7.47. The van der Waals surface area contributed by atoms with Crippen LogP contribution in [0.4, 0.5) is 0 Å². The highest BCUT2D eigenvalue weighted by molar-refractivity contribution is 5.35. The predicted molar refractivity (Wildman–Crippen MR) is 69.3 cm³/mol. The van der Waals surface area contributed by atoms with Crippen molar-refractivity contribution in [1.82, 2.24) is 0 Å². The van der Waals surface area contributed by atoms with Gasteiger partial charge in [-0.3, -0.25) is 0 Å². The second kappa shape index (κ2) is 4.21. The standard InChI is InChI=1S/C15H23N/c1-15(2,3)9-8-12-10-11-6-4-5-7-13(11)14(12)16/h4-7,12,14H,8-10,16H2,1-3H3. The van der Waals surface area contributed by atoms with Crippen LogP contribution in [0.2, 0.25) is 0 Å². The van der Waals surface area contributed by atoms with E-state index in [9.17, 15) is 0 Å². The van der Waals surface area contributed by atoms with Gasteiger partial charge in [-0.25, -0.2) is 0 Å². The number of hydrogen-bond acceptors (Lipinski definition) is 1. The molecule has 0 heterocycles. The third-order valence-electron chi connectivity index (χ3n) is 3.67. The second-order valence-corrected chi connectivity index (χ2v) is 6.29. The van der Waals surface area contributed by atoms with Gasteiger partial charge in [0.2, 0.25) is 0 Å². The van der Waals surface area contributed by atoms with E-state index < -0.39 is 0 Å². The van der Waals surface area contributed by atoms with Crippen molar-refractivity contribution < 1.29 is 0 Å². The van der Waals surface area contributed by atoms with E-state index in [2.05, 4.69) is 45.0 Å². The van der Waals surface area contributed by atoms with Crippen molar-refractivity contribution in [2.75, 3.05) is 0 Å². The number of nitrogens with two attached hydrogens (primary N) is 1. The van der Waals surface area contributed by atoms with Crippen LogP contribution in [0.25, 0.3) is 0 Å².